The van der Waals surface area contributed by atoms with Gasteiger partial charge in [-0.1, -0.05) is 0 Å². The molecule has 0 aromatic rings. The lowest BCUT2D eigenvalue weighted by Crippen LogP contribution is -2.54. The molecular formula is C10H20O5. The molecule has 1 saturated heterocycles. The lowest BCUT2D eigenvalue weighted by molar-refractivity contribution is -0.203. The van der Waals surface area contributed by atoms with Crippen molar-refractivity contribution >= 4 is 0 Å². The summed E-state index contributed by atoms with van der Waals surface area (Å²) >= 11 is 0. The van der Waals surface area contributed by atoms with Crippen molar-refractivity contribution in [3.8, 4) is 0 Å². The number of hydrogen-bond acceptors (Lipinski definition) is 5. The van der Waals surface area contributed by atoms with Gasteiger partial charge in [0.2, 0.25) is 0 Å². The lowest BCUT2D eigenvalue weighted by atomic mass is 9.80. The first-order valence-corrected chi connectivity index (χ1v) is 5.20. The Kier molecular flexibility index (Phi) is 4.95. The van der Waals surface area contributed by atoms with Crippen molar-refractivity contribution < 1.29 is 24.8 Å². The van der Waals surface area contributed by atoms with Gasteiger partial charge in [-0.25, -0.2) is 0 Å². The highest BCUT2D eigenvalue weighted by molar-refractivity contribution is 4.90. The average molecular weight is 220 g/mol. The summed E-state index contributed by atoms with van der Waals surface area (Å²) in [6, 6.07) is 0. The van der Waals surface area contributed by atoms with Crippen LogP contribution in [0.2, 0.25) is 0 Å². The van der Waals surface area contributed by atoms with E-state index in [2.05, 4.69) is 0 Å². The fraction of sp³-hybridized carbons (Fsp3) is 1.00. The molecule has 0 radical (unpaired) electrons. The molecule has 3 N–H and O–H groups in total. The topological polar surface area (TPSA) is 79.2 Å². The molecule has 1 heterocycles. The summed E-state index contributed by atoms with van der Waals surface area (Å²) in [7, 11) is 1.52. The van der Waals surface area contributed by atoms with Crippen LogP contribution in [0.4, 0.5) is 0 Å². The molecule has 15 heavy (non-hydrogen) atoms. The third-order valence-electron chi connectivity index (χ3n) is 3.20. The number of aliphatic hydroxyl groups is 3. The van der Waals surface area contributed by atoms with Crippen molar-refractivity contribution in [1.82, 2.24) is 0 Å². The van der Waals surface area contributed by atoms with Crippen LogP contribution in [0.5, 0.6) is 0 Å². The number of ether oxygens (including phenoxy) is 2. The number of methoxy groups -OCH3 is 1. The number of aliphatic hydroxyl groups excluding tert-OH is 3. The Morgan fingerprint density at radius 1 is 1.07 bits per heavy atom. The van der Waals surface area contributed by atoms with Crippen molar-refractivity contribution in [3.05, 3.63) is 0 Å². The minimum Gasteiger partial charge on any atom is -0.396 e. The quantitative estimate of drug-likeness (QED) is 0.566. The second kappa shape index (κ2) is 5.77. The Labute approximate surface area is 89.6 Å². The van der Waals surface area contributed by atoms with Gasteiger partial charge in [0.25, 0.3) is 0 Å². The van der Waals surface area contributed by atoms with Crippen LogP contribution in [-0.2, 0) is 9.47 Å². The van der Waals surface area contributed by atoms with Crippen molar-refractivity contribution in [2.45, 2.75) is 25.2 Å². The van der Waals surface area contributed by atoms with Gasteiger partial charge in [0.05, 0.1) is 18.8 Å². The van der Waals surface area contributed by atoms with E-state index in [1.807, 2.05) is 6.92 Å². The number of rotatable bonds is 4. The maximum atomic E-state index is 9.30. The zero-order valence-corrected chi connectivity index (χ0v) is 9.17. The van der Waals surface area contributed by atoms with Crippen LogP contribution < -0.4 is 0 Å². The zero-order chi connectivity index (χ0) is 11.4. The SMILES string of the molecule is COC1C(CO)O[C@@H](C)C(CO)C1CO. The molecule has 1 aliphatic heterocycles. The molecule has 0 bridgehead atoms. The lowest BCUT2D eigenvalue weighted by Gasteiger charge is -2.43. The zero-order valence-electron chi connectivity index (χ0n) is 9.17. The molecule has 0 aromatic carbocycles. The predicted octanol–water partition coefficient (Wildman–Crippen LogP) is -1.00. The van der Waals surface area contributed by atoms with Crippen LogP contribution >= 0.6 is 0 Å². The molecule has 5 atom stereocenters. The van der Waals surface area contributed by atoms with Gasteiger partial charge in [0.15, 0.2) is 0 Å². The molecule has 0 spiro atoms. The van der Waals surface area contributed by atoms with Gasteiger partial charge in [0.1, 0.15) is 6.10 Å². The van der Waals surface area contributed by atoms with Crippen LogP contribution in [0, 0.1) is 11.8 Å². The van der Waals surface area contributed by atoms with Crippen LogP contribution in [0.15, 0.2) is 0 Å². The second-order valence-electron chi connectivity index (χ2n) is 3.96. The molecule has 1 rings (SSSR count). The van der Waals surface area contributed by atoms with E-state index in [0.717, 1.165) is 0 Å². The van der Waals surface area contributed by atoms with Gasteiger partial charge < -0.3 is 24.8 Å². The highest BCUT2D eigenvalue weighted by Crippen LogP contribution is 2.32. The van der Waals surface area contributed by atoms with Crippen LogP contribution in [-0.4, -0.2) is 60.6 Å². The largest absolute Gasteiger partial charge is 0.396 e. The summed E-state index contributed by atoms with van der Waals surface area (Å²) in [6.45, 7) is 1.56. The third-order valence-corrected chi connectivity index (χ3v) is 3.20. The third kappa shape index (κ3) is 2.49. The Hall–Kier alpha value is -0.200. The Morgan fingerprint density at radius 2 is 1.67 bits per heavy atom. The molecule has 5 heteroatoms. The molecule has 4 unspecified atom stereocenters. The Bertz CT molecular complexity index is 187. The molecular weight excluding hydrogens is 200 g/mol. The summed E-state index contributed by atoms with van der Waals surface area (Å²) in [6.07, 6.45) is -0.978. The van der Waals surface area contributed by atoms with Gasteiger partial charge >= 0.3 is 0 Å². The molecule has 5 nitrogen and oxygen atoms in total. The Balaban J connectivity index is 2.80. The maximum Gasteiger partial charge on any atom is 0.107 e. The van der Waals surface area contributed by atoms with Crippen molar-refractivity contribution in [2.24, 2.45) is 11.8 Å². The first-order valence-electron chi connectivity index (χ1n) is 5.20. The fourth-order valence-corrected chi connectivity index (χ4v) is 2.32. The van der Waals surface area contributed by atoms with Crippen molar-refractivity contribution in [3.63, 3.8) is 0 Å². The van der Waals surface area contributed by atoms with E-state index >= 15 is 0 Å². The van der Waals surface area contributed by atoms with E-state index in [1.165, 1.54) is 7.11 Å². The van der Waals surface area contributed by atoms with Crippen molar-refractivity contribution in [1.29, 1.82) is 0 Å². The van der Waals surface area contributed by atoms with Gasteiger partial charge in [-0.2, -0.15) is 0 Å². The molecule has 0 saturated carbocycles. The summed E-state index contributed by atoms with van der Waals surface area (Å²) in [5.74, 6) is -0.344. The van der Waals surface area contributed by atoms with Crippen LogP contribution in [0.3, 0.4) is 0 Å². The highest BCUT2D eigenvalue weighted by atomic mass is 16.6. The first-order chi connectivity index (χ1) is 7.19. The molecule has 1 aliphatic rings. The monoisotopic (exact) mass is 220 g/mol. The van der Waals surface area contributed by atoms with E-state index in [-0.39, 0.29) is 43.9 Å². The van der Waals surface area contributed by atoms with Gasteiger partial charge in [-0.05, 0) is 6.92 Å². The second-order valence-corrected chi connectivity index (χ2v) is 3.96. The molecule has 0 amide bonds. The minimum atomic E-state index is -0.426. The molecule has 0 aromatic heterocycles. The fourth-order valence-electron chi connectivity index (χ4n) is 2.32. The van der Waals surface area contributed by atoms with Crippen LogP contribution in [0.25, 0.3) is 0 Å². The van der Waals surface area contributed by atoms with E-state index in [9.17, 15) is 10.2 Å². The van der Waals surface area contributed by atoms with Crippen molar-refractivity contribution in [2.75, 3.05) is 26.9 Å². The summed E-state index contributed by atoms with van der Waals surface area (Å²) in [4.78, 5) is 0. The summed E-state index contributed by atoms with van der Waals surface area (Å²) in [5.41, 5.74) is 0. The van der Waals surface area contributed by atoms with E-state index in [0.29, 0.717) is 0 Å². The molecule has 1 fully saturated rings. The molecule has 0 aliphatic carbocycles. The standard InChI is InChI=1S/C10H20O5/c1-6-7(3-11)8(4-12)10(14-2)9(5-13)15-6/h6-13H,3-5H2,1-2H3/t6-,7?,8?,9?,10?/m0/s1. The average Bonchev–Trinajstić information content (AvgIpc) is 2.27. The smallest absolute Gasteiger partial charge is 0.107 e. The van der Waals surface area contributed by atoms with E-state index in [1.54, 1.807) is 0 Å². The summed E-state index contributed by atoms with van der Waals surface area (Å²) in [5, 5.41) is 27.7. The maximum absolute atomic E-state index is 9.30. The van der Waals surface area contributed by atoms with Crippen LogP contribution in [0.1, 0.15) is 6.92 Å². The van der Waals surface area contributed by atoms with E-state index in [4.69, 9.17) is 14.6 Å². The van der Waals surface area contributed by atoms with Gasteiger partial charge in [-0.3, -0.25) is 0 Å². The first kappa shape index (κ1) is 12.9. The Morgan fingerprint density at radius 3 is 2.07 bits per heavy atom. The summed E-state index contributed by atoms with van der Waals surface area (Å²) < 4.78 is 10.8. The highest BCUT2D eigenvalue weighted by Gasteiger charge is 2.43. The minimum absolute atomic E-state index is 0.0512. The number of hydrogen-bond donors (Lipinski definition) is 3. The molecule has 90 valence electrons. The van der Waals surface area contributed by atoms with Gasteiger partial charge in [-0.15, -0.1) is 0 Å². The normalized spacial score (nSPS) is 41.8. The predicted molar refractivity (Wildman–Crippen MR) is 53.4 cm³/mol. The van der Waals surface area contributed by atoms with E-state index < -0.39 is 6.10 Å². The van der Waals surface area contributed by atoms with Gasteiger partial charge in [0, 0.05) is 32.2 Å².